The van der Waals surface area contributed by atoms with E-state index in [9.17, 15) is 0 Å². The third kappa shape index (κ3) is 4.93. The molecule has 4 heteroatoms. The van der Waals surface area contributed by atoms with Crippen molar-refractivity contribution >= 4 is 0 Å². The Balaban J connectivity index is 2.29. The van der Waals surface area contributed by atoms with Crippen LogP contribution in [0.2, 0.25) is 0 Å². The van der Waals surface area contributed by atoms with Crippen molar-refractivity contribution < 1.29 is 9.47 Å². The SMILES string of the molecule is COCC(CN1CCNC(C)CC1)OC. The second-order valence-corrected chi connectivity index (χ2v) is 4.26. The zero-order valence-electron chi connectivity index (χ0n) is 10.2. The minimum Gasteiger partial charge on any atom is -0.382 e. The molecule has 1 aliphatic heterocycles. The van der Waals surface area contributed by atoms with Gasteiger partial charge >= 0.3 is 0 Å². The summed E-state index contributed by atoms with van der Waals surface area (Å²) in [6.07, 6.45) is 1.41. The van der Waals surface area contributed by atoms with E-state index in [0.29, 0.717) is 12.6 Å². The van der Waals surface area contributed by atoms with E-state index in [-0.39, 0.29) is 6.10 Å². The van der Waals surface area contributed by atoms with Crippen LogP contribution < -0.4 is 5.32 Å². The molecule has 1 aliphatic rings. The highest BCUT2D eigenvalue weighted by molar-refractivity contribution is 4.74. The highest BCUT2D eigenvalue weighted by Crippen LogP contribution is 2.03. The van der Waals surface area contributed by atoms with Crippen LogP contribution in [-0.2, 0) is 9.47 Å². The molecular formula is C11H24N2O2. The first-order valence-electron chi connectivity index (χ1n) is 5.73. The number of hydrogen-bond acceptors (Lipinski definition) is 4. The first-order chi connectivity index (χ1) is 7.26. The number of hydrogen-bond donors (Lipinski definition) is 1. The van der Waals surface area contributed by atoms with Gasteiger partial charge < -0.3 is 14.8 Å². The van der Waals surface area contributed by atoms with Crippen molar-refractivity contribution in [3.8, 4) is 0 Å². The van der Waals surface area contributed by atoms with Crippen LogP contribution in [0.4, 0.5) is 0 Å². The van der Waals surface area contributed by atoms with E-state index >= 15 is 0 Å². The maximum atomic E-state index is 5.37. The molecule has 0 aliphatic carbocycles. The molecule has 1 rings (SSSR count). The topological polar surface area (TPSA) is 33.7 Å². The summed E-state index contributed by atoms with van der Waals surface area (Å²) >= 11 is 0. The van der Waals surface area contributed by atoms with Crippen LogP contribution in [0.1, 0.15) is 13.3 Å². The zero-order chi connectivity index (χ0) is 11.1. The minimum absolute atomic E-state index is 0.198. The first kappa shape index (κ1) is 12.9. The van der Waals surface area contributed by atoms with E-state index in [0.717, 1.165) is 26.2 Å². The van der Waals surface area contributed by atoms with Crippen molar-refractivity contribution in [2.45, 2.75) is 25.5 Å². The number of nitrogens with zero attached hydrogens (tertiary/aromatic N) is 1. The number of methoxy groups -OCH3 is 2. The van der Waals surface area contributed by atoms with E-state index < -0.39 is 0 Å². The summed E-state index contributed by atoms with van der Waals surface area (Å²) in [4.78, 5) is 2.45. The zero-order valence-corrected chi connectivity index (χ0v) is 10.2. The highest BCUT2D eigenvalue weighted by atomic mass is 16.5. The van der Waals surface area contributed by atoms with Crippen molar-refractivity contribution in [3.05, 3.63) is 0 Å². The normalized spacial score (nSPS) is 26.2. The van der Waals surface area contributed by atoms with Crippen molar-refractivity contribution in [2.75, 3.05) is 47.0 Å². The average molecular weight is 216 g/mol. The summed E-state index contributed by atoms with van der Waals surface area (Å²) < 4.78 is 10.5. The van der Waals surface area contributed by atoms with Gasteiger partial charge in [-0.3, -0.25) is 4.90 Å². The third-order valence-corrected chi connectivity index (χ3v) is 2.95. The maximum absolute atomic E-state index is 5.37. The molecule has 0 saturated carbocycles. The van der Waals surface area contributed by atoms with Gasteiger partial charge in [-0.2, -0.15) is 0 Å². The molecule has 0 bridgehead atoms. The lowest BCUT2D eigenvalue weighted by atomic mass is 10.2. The molecule has 0 radical (unpaired) electrons. The van der Waals surface area contributed by atoms with Crippen LogP contribution in [-0.4, -0.2) is 64.1 Å². The Morgan fingerprint density at radius 2 is 2.20 bits per heavy atom. The van der Waals surface area contributed by atoms with E-state index in [1.165, 1.54) is 6.42 Å². The summed E-state index contributed by atoms with van der Waals surface area (Å²) in [7, 11) is 3.47. The monoisotopic (exact) mass is 216 g/mol. The molecule has 0 aromatic heterocycles. The Hall–Kier alpha value is -0.160. The van der Waals surface area contributed by atoms with Gasteiger partial charge in [0, 0.05) is 39.9 Å². The van der Waals surface area contributed by atoms with Gasteiger partial charge in [0.2, 0.25) is 0 Å². The van der Waals surface area contributed by atoms with Crippen LogP contribution >= 0.6 is 0 Å². The smallest absolute Gasteiger partial charge is 0.0931 e. The van der Waals surface area contributed by atoms with Crippen molar-refractivity contribution in [2.24, 2.45) is 0 Å². The van der Waals surface area contributed by atoms with Crippen molar-refractivity contribution in [1.82, 2.24) is 10.2 Å². The molecule has 4 nitrogen and oxygen atoms in total. The largest absolute Gasteiger partial charge is 0.382 e. The molecule has 1 heterocycles. The van der Waals surface area contributed by atoms with Gasteiger partial charge in [0.25, 0.3) is 0 Å². The van der Waals surface area contributed by atoms with Crippen LogP contribution in [0.5, 0.6) is 0 Å². The van der Waals surface area contributed by atoms with E-state index in [2.05, 4.69) is 17.1 Å². The molecule has 1 saturated heterocycles. The predicted octanol–water partition coefficient (Wildman–Crippen LogP) is 0.332. The van der Waals surface area contributed by atoms with Gasteiger partial charge in [-0.15, -0.1) is 0 Å². The molecule has 90 valence electrons. The van der Waals surface area contributed by atoms with Crippen LogP contribution in [0.25, 0.3) is 0 Å². The summed E-state index contributed by atoms with van der Waals surface area (Å²) in [5, 5.41) is 3.48. The first-order valence-corrected chi connectivity index (χ1v) is 5.73. The summed E-state index contributed by atoms with van der Waals surface area (Å²) in [5.41, 5.74) is 0. The quantitative estimate of drug-likeness (QED) is 0.718. The molecular weight excluding hydrogens is 192 g/mol. The lowest BCUT2D eigenvalue weighted by Gasteiger charge is -2.24. The Kier molecular flexibility index (Phi) is 6.17. The summed E-state index contributed by atoms with van der Waals surface area (Å²) in [6, 6.07) is 0.637. The Bertz CT molecular complexity index is 167. The molecule has 2 unspecified atom stereocenters. The second kappa shape index (κ2) is 7.17. The molecule has 0 aromatic rings. The predicted molar refractivity (Wildman–Crippen MR) is 61.2 cm³/mol. The Labute approximate surface area is 92.9 Å². The maximum Gasteiger partial charge on any atom is 0.0931 e. The molecule has 1 N–H and O–H groups in total. The molecule has 15 heavy (non-hydrogen) atoms. The molecule has 0 aromatic carbocycles. The van der Waals surface area contributed by atoms with E-state index in [1.807, 2.05) is 0 Å². The third-order valence-electron chi connectivity index (χ3n) is 2.95. The van der Waals surface area contributed by atoms with Gasteiger partial charge in [0.1, 0.15) is 0 Å². The van der Waals surface area contributed by atoms with E-state index in [4.69, 9.17) is 9.47 Å². The van der Waals surface area contributed by atoms with Gasteiger partial charge in [-0.05, 0) is 19.9 Å². The fraction of sp³-hybridized carbons (Fsp3) is 1.00. The Morgan fingerprint density at radius 1 is 1.40 bits per heavy atom. The second-order valence-electron chi connectivity index (χ2n) is 4.26. The average Bonchev–Trinajstić information content (AvgIpc) is 2.43. The number of rotatable bonds is 5. The van der Waals surface area contributed by atoms with Crippen molar-refractivity contribution in [1.29, 1.82) is 0 Å². The standard InChI is InChI=1S/C11H24N2O2/c1-10-4-6-13(7-5-12-10)8-11(15-3)9-14-2/h10-12H,4-9H2,1-3H3. The van der Waals surface area contributed by atoms with Crippen molar-refractivity contribution in [3.63, 3.8) is 0 Å². The van der Waals surface area contributed by atoms with Crippen LogP contribution in [0.15, 0.2) is 0 Å². The number of ether oxygens (including phenoxy) is 2. The summed E-state index contributed by atoms with van der Waals surface area (Å²) in [5.74, 6) is 0. The van der Waals surface area contributed by atoms with Gasteiger partial charge in [0.15, 0.2) is 0 Å². The number of nitrogens with one attached hydrogen (secondary N) is 1. The molecule has 0 amide bonds. The minimum atomic E-state index is 0.198. The highest BCUT2D eigenvalue weighted by Gasteiger charge is 2.16. The Morgan fingerprint density at radius 3 is 2.87 bits per heavy atom. The van der Waals surface area contributed by atoms with Crippen LogP contribution in [0.3, 0.4) is 0 Å². The molecule has 1 fully saturated rings. The lowest BCUT2D eigenvalue weighted by molar-refractivity contribution is 0.00707. The molecule has 2 atom stereocenters. The lowest BCUT2D eigenvalue weighted by Crippen LogP contribution is -2.37. The fourth-order valence-electron chi connectivity index (χ4n) is 1.91. The summed E-state index contributed by atoms with van der Waals surface area (Å²) in [6.45, 7) is 7.22. The van der Waals surface area contributed by atoms with Gasteiger partial charge in [0.05, 0.1) is 12.7 Å². The van der Waals surface area contributed by atoms with Gasteiger partial charge in [-0.25, -0.2) is 0 Å². The van der Waals surface area contributed by atoms with E-state index in [1.54, 1.807) is 14.2 Å². The van der Waals surface area contributed by atoms with Gasteiger partial charge in [-0.1, -0.05) is 0 Å². The van der Waals surface area contributed by atoms with Crippen LogP contribution in [0, 0.1) is 0 Å². The molecule has 0 spiro atoms. The fourth-order valence-corrected chi connectivity index (χ4v) is 1.91.